The number of rotatable bonds is 7. The molecule has 146 valence electrons. The average molecular weight is 364 g/mol. The highest BCUT2D eigenvalue weighted by atomic mass is 16.5. The van der Waals surface area contributed by atoms with E-state index in [4.69, 9.17) is 16.2 Å². The van der Waals surface area contributed by atoms with E-state index in [1.807, 2.05) is 11.8 Å². The lowest BCUT2D eigenvalue weighted by atomic mass is 10.0. The predicted molar refractivity (Wildman–Crippen MR) is 104 cm³/mol. The van der Waals surface area contributed by atoms with Gasteiger partial charge in [-0.05, 0) is 57.5 Å². The van der Waals surface area contributed by atoms with Crippen LogP contribution in [-0.2, 0) is 9.53 Å². The number of carbonyl (C=O) groups is 1. The van der Waals surface area contributed by atoms with Crippen molar-refractivity contribution in [1.29, 1.82) is 0 Å². The smallest absolute Gasteiger partial charge is 0.252 e. The second-order valence-corrected chi connectivity index (χ2v) is 6.92. The van der Waals surface area contributed by atoms with Gasteiger partial charge in [-0.15, -0.1) is 0 Å². The summed E-state index contributed by atoms with van der Waals surface area (Å²) in [7, 11) is 0. The zero-order chi connectivity index (χ0) is 18.9. The van der Waals surface area contributed by atoms with Crippen LogP contribution in [0.5, 0.6) is 0 Å². The first-order valence-electron chi connectivity index (χ1n) is 9.44. The lowest BCUT2D eigenvalue weighted by Gasteiger charge is -2.35. The molecule has 6 N–H and O–H groups in total. The number of carbonyl (C=O) groups excluding carboxylic acids is 1. The maximum atomic E-state index is 12.7. The van der Waals surface area contributed by atoms with Crippen LogP contribution in [0, 0.1) is 0 Å². The van der Waals surface area contributed by atoms with E-state index in [9.17, 15) is 4.79 Å². The van der Waals surface area contributed by atoms with Crippen LogP contribution in [0.4, 0.5) is 0 Å². The summed E-state index contributed by atoms with van der Waals surface area (Å²) in [5.41, 5.74) is 13.2. The summed E-state index contributed by atoms with van der Waals surface area (Å²) in [5, 5.41) is 6.35. The maximum absolute atomic E-state index is 12.7. The second kappa shape index (κ2) is 10.4. The molecule has 0 saturated carbocycles. The number of ether oxygens (including phenoxy) is 1. The lowest BCUT2D eigenvalue weighted by Crippen LogP contribution is -2.44. The number of likely N-dealkylation sites (tertiary alicyclic amines) is 1. The van der Waals surface area contributed by atoms with E-state index in [-0.39, 0.29) is 18.6 Å². The van der Waals surface area contributed by atoms with Gasteiger partial charge in [-0.2, -0.15) is 0 Å². The van der Waals surface area contributed by atoms with Crippen LogP contribution < -0.4 is 22.1 Å². The fourth-order valence-electron chi connectivity index (χ4n) is 3.20. The molecule has 0 atom stereocenters. The first-order chi connectivity index (χ1) is 12.5. The molecule has 2 saturated heterocycles. The highest BCUT2D eigenvalue weighted by molar-refractivity contribution is 5.93. The average Bonchev–Trinajstić information content (AvgIpc) is 2.68. The molecule has 0 aliphatic carbocycles. The molecule has 0 radical (unpaired) electrons. The molecule has 0 spiro atoms. The van der Waals surface area contributed by atoms with Crippen LogP contribution in [0.15, 0.2) is 35.8 Å². The molecular formula is C19H33N5O2. The summed E-state index contributed by atoms with van der Waals surface area (Å²) in [6.45, 7) is 9.37. The van der Waals surface area contributed by atoms with Crippen LogP contribution in [-0.4, -0.2) is 55.7 Å². The van der Waals surface area contributed by atoms with Crippen LogP contribution in [0.25, 0.3) is 0 Å². The van der Waals surface area contributed by atoms with Gasteiger partial charge >= 0.3 is 0 Å². The Morgan fingerprint density at radius 3 is 2.46 bits per heavy atom. The Labute approximate surface area is 156 Å². The monoisotopic (exact) mass is 363 g/mol. The second-order valence-electron chi connectivity index (χ2n) is 6.92. The molecule has 2 aliphatic rings. The van der Waals surface area contributed by atoms with Crippen LogP contribution in [0.2, 0.25) is 0 Å². The van der Waals surface area contributed by atoms with Gasteiger partial charge in [-0.3, -0.25) is 4.79 Å². The number of allylic oxidation sites excluding steroid dienone is 1. The summed E-state index contributed by atoms with van der Waals surface area (Å²) in [4.78, 5) is 14.6. The van der Waals surface area contributed by atoms with Crippen LogP contribution in [0.1, 0.15) is 32.6 Å². The topological polar surface area (TPSA) is 106 Å². The van der Waals surface area contributed by atoms with Crippen molar-refractivity contribution in [2.45, 2.75) is 44.8 Å². The number of nitrogens with zero attached hydrogens (tertiary/aromatic N) is 1. The Kier molecular flexibility index (Phi) is 8.15. The van der Waals surface area contributed by atoms with E-state index in [0.29, 0.717) is 30.5 Å². The minimum Gasteiger partial charge on any atom is -0.404 e. The third-order valence-electron chi connectivity index (χ3n) is 5.04. The van der Waals surface area contributed by atoms with Gasteiger partial charge in [0.1, 0.15) is 0 Å². The van der Waals surface area contributed by atoms with Crippen molar-refractivity contribution >= 4 is 5.91 Å². The van der Waals surface area contributed by atoms with Crippen molar-refractivity contribution in [2.24, 2.45) is 11.5 Å². The molecule has 0 aromatic carbocycles. The number of piperidine rings is 2. The van der Waals surface area contributed by atoms with Gasteiger partial charge in [0.25, 0.3) is 5.91 Å². The van der Waals surface area contributed by atoms with Gasteiger partial charge < -0.3 is 31.7 Å². The first kappa shape index (κ1) is 20.5. The van der Waals surface area contributed by atoms with Gasteiger partial charge in [-0.25, -0.2) is 0 Å². The quantitative estimate of drug-likeness (QED) is 0.389. The number of hydrogen-bond donors (Lipinski definition) is 4. The largest absolute Gasteiger partial charge is 0.404 e. The van der Waals surface area contributed by atoms with Crippen molar-refractivity contribution in [2.75, 3.05) is 32.7 Å². The SMILES string of the molecule is C=C(N/C=C(\CN)C(=O)N1CCC(OC2CCNCC2)CC1)/C(C)=C\N. The fraction of sp³-hybridized carbons (Fsp3) is 0.632. The Hall–Kier alpha value is -1.83. The van der Waals surface area contributed by atoms with Crippen molar-refractivity contribution < 1.29 is 9.53 Å². The van der Waals surface area contributed by atoms with E-state index in [0.717, 1.165) is 44.3 Å². The molecule has 1 amide bonds. The number of hydrogen-bond acceptors (Lipinski definition) is 6. The standard InChI is InChI=1S/C19H33N5O2/c1-14(11-20)15(2)23-13-16(12-21)19(25)24-9-5-18(6-10-24)26-17-3-7-22-8-4-17/h11,13,17-18,22-23H,2-10,12,20-21H2,1H3/b14-11-,16-13+. The summed E-state index contributed by atoms with van der Waals surface area (Å²) < 4.78 is 6.21. The van der Waals surface area contributed by atoms with Gasteiger partial charge in [0.05, 0.1) is 12.2 Å². The Morgan fingerprint density at radius 1 is 1.27 bits per heavy atom. The number of nitrogens with one attached hydrogen (secondary N) is 2. The normalized spacial score (nSPS) is 20.9. The molecule has 0 aromatic rings. The van der Waals surface area contributed by atoms with Gasteiger partial charge in [0.15, 0.2) is 0 Å². The Bertz CT molecular complexity index is 544. The third kappa shape index (κ3) is 5.86. The fourth-order valence-corrected chi connectivity index (χ4v) is 3.20. The number of nitrogens with two attached hydrogens (primary N) is 2. The van der Waals surface area contributed by atoms with E-state index >= 15 is 0 Å². The molecule has 0 unspecified atom stereocenters. The van der Waals surface area contributed by atoms with E-state index in [2.05, 4.69) is 17.2 Å². The molecule has 0 aromatic heterocycles. The molecule has 7 heteroatoms. The van der Waals surface area contributed by atoms with Gasteiger partial charge in [-0.1, -0.05) is 6.58 Å². The number of amides is 1. The van der Waals surface area contributed by atoms with Crippen LogP contribution in [0.3, 0.4) is 0 Å². The molecule has 2 rings (SSSR count). The highest BCUT2D eigenvalue weighted by Gasteiger charge is 2.27. The van der Waals surface area contributed by atoms with Crippen molar-refractivity contribution in [1.82, 2.24) is 15.5 Å². The summed E-state index contributed by atoms with van der Waals surface area (Å²) in [5.74, 6) is -0.0255. The highest BCUT2D eigenvalue weighted by Crippen LogP contribution is 2.20. The van der Waals surface area contributed by atoms with Gasteiger partial charge in [0.2, 0.25) is 0 Å². The van der Waals surface area contributed by atoms with Gasteiger partial charge in [0, 0.05) is 37.1 Å². The zero-order valence-electron chi connectivity index (χ0n) is 15.8. The minimum absolute atomic E-state index is 0.0255. The predicted octanol–water partition coefficient (Wildman–Crippen LogP) is 0.554. The maximum Gasteiger partial charge on any atom is 0.252 e. The molecule has 2 aliphatic heterocycles. The van der Waals surface area contributed by atoms with E-state index in [1.165, 1.54) is 6.20 Å². The van der Waals surface area contributed by atoms with Crippen molar-refractivity contribution in [3.63, 3.8) is 0 Å². The molecule has 2 fully saturated rings. The molecular weight excluding hydrogens is 330 g/mol. The Morgan fingerprint density at radius 2 is 1.88 bits per heavy atom. The van der Waals surface area contributed by atoms with E-state index in [1.54, 1.807) is 6.20 Å². The van der Waals surface area contributed by atoms with Crippen molar-refractivity contribution in [3.05, 3.63) is 35.8 Å². The van der Waals surface area contributed by atoms with Crippen molar-refractivity contribution in [3.8, 4) is 0 Å². The molecule has 7 nitrogen and oxygen atoms in total. The molecule has 0 bridgehead atoms. The summed E-state index contributed by atoms with van der Waals surface area (Å²) in [6, 6.07) is 0. The van der Waals surface area contributed by atoms with Crippen LogP contribution >= 0.6 is 0 Å². The molecule has 26 heavy (non-hydrogen) atoms. The Balaban J connectivity index is 1.82. The summed E-state index contributed by atoms with van der Waals surface area (Å²) >= 11 is 0. The first-order valence-corrected chi connectivity index (χ1v) is 9.44. The lowest BCUT2D eigenvalue weighted by molar-refractivity contribution is -0.130. The molecule has 2 heterocycles. The zero-order valence-corrected chi connectivity index (χ0v) is 15.8. The third-order valence-corrected chi connectivity index (χ3v) is 5.04. The minimum atomic E-state index is -0.0255. The summed E-state index contributed by atoms with van der Waals surface area (Å²) in [6.07, 6.45) is 7.62. The van der Waals surface area contributed by atoms with E-state index < -0.39 is 0 Å².